The lowest BCUT2D eigenvalue weighted by molar-refractivity contribution is 0.0959. The molecule has 1 aromatic carbocycles. The second-order valence-electron chi connectivity index (χ2n) is 3.09. The van der Waals surface area contributed by atoms with Crippen molar-refractivity contribution in [2.45, 2.75) is 13.0 Å². The van der Waals surface area contributed by atoms with Gasteiger partial charge in [-0.1, -0.05) is 0 Å². The third-order valence-corrected chi connectivity index (χ3v) is 1.94. The average molecular weight is 215 g/mol. The van der Waals surface area contributed by atoms with E-state index in [1.807, 2.05) is 0 Å². The Balaban J connectivity index is 3.36. The van der Waals surface area contributed by atoms with Crippen molar-refractivity contribution in [1.82, 2.24) is 0 Å². The van der Waals surface area contributed by atoms with Crippen molar-refractivity contribution in [2.24, 2.45) is 5.73 Å². The van der Waals surface area contributed by atoms with E-state index in [1.165, 1.54) is 20.1 Å². The first-order valence-electron chi connectivity index (χ1n) is 4.30. The zero-order valence-electron chi connectivity index (χ0n) is 8.38. The lowest BCUT2D eigenvalue weighted by Crippen LogP contribution is -2.28. The summed E-state index contributed by atoms with van der Waals surface area (Å²) in [4.78, 5) is 11.5. The molecule has 3 nitrogen and oxygen atoms in total. The zero-order chi connectivity index (χ0) is 11.6. The number of ether oxygens (including phenoxy) is 1. The predicted octanol–water partition coefficient (Wildman–Crippen LogP) is 1.50. The van der Waals surface area contributed by atoms with Gasteiger partial charge in [-0.2, -0.15) is 0 Å². The fourth-order valence-corrected chi connectivity index (χ4v) is 1.16. The number of methoxy groups -OCH3 is 1. The van der Waals surface area contributed by atoms with Crippen molar-refractivity contribution in [3.63, 3.8) is 0 Å². The van der Waals surface area contributed by atoms with Crippen LogP contribution < -0.4 is 10.5 Å². The number of hydrogen-bond acceptors (Lipinski definition) is 3. The summed E-state index contributed by atoms with van der Waals surface area (Å²) in [6.07, 6.45) is 0. The Hall–Kier alpha value is -1.49. The predicted molar refractivity (Wildman–Crippen MR) is 50.9 cm³/mol. The summed E-state index contributed by atoms with van der Waals surface area (Å²) in [5.74, 6) is -3.03. The van der Waals surface area contributed by atoms with Crippen molar-refractivity contribution < 1.29 is 18.3 Å². The first kappa shape index (κ1) is 11.6. The van der Waals surface area contributed by atoms with E-state index >= 15 is 0 Å². The van der Waals surface area contributed by atoms with Crippen molar-refractivity contribution >= 4 is 5.78 Å². The highest BCUT2D eigenvalue weighted by Crippen LogP contribution is 2.24. The Morgan fingerprint density at radius 1 is 1.47 bits per heavy atom. The molecule has 82 valence electrons. The molecule has 0 saturated carbocycles. The highest BCUT2D eigenvalue weighted by molar-refractivity contribution is 6.02. The normalized spacial score (nSPS) is 12.3. The summed E-state index contributed by atoms with van der Waals surface area (Å²) in [6.45, 7) is 1.39. The number of carbonyl (C=O) groups excluding carboxylic acids is 1. The van der Waals surface area contributed by atoms with E-state index in [-0.39, 0.29) is 5.75 Å². The van der Waals surface area contributed by atoms with Gasteiger partial charge in [-0.3, -0.25) is 4.79 Å². The number of hydrogen-bond donors (Lipinski definition) is 1. The van der Waals surface area contributed by atoms with Gasteiger partial charge in [0.2, 0.25) is 0 Å². The summed E-state index contributed by atoms with van der Waals surface area (Å²) in [7, 11) is 1.27. The molecule has 0 amide bonds. The van der Waals surface area contributed by atoms with Crippen molar-refractivity contribution in [3.8, 4) is 5.75 Å². The third-order valence-electron chi connectivity index (χ3n) is 1.94. The molecule has 15 heavy (non-hydrogen) atoms. The van der Waals surface area contributed by atoms with Crippen LogP contribution >= 0.6 is 0 Å². The van der Waals surface area contributed by atoms with Gasteiger partial charge in [0.15, 0.2) is 17.4 Å². The molecule has 0 aliphatic carbocycles. The molecule has 1 rings (SSSR count). The second-order valence-corrected chi connectivity index (χ2v) is 3.09. The van der Waals surface area contributed by atoms with Gasteiger partial charge in [0.1, 0.15) is 5.75 Å². The van der Waals surface area contributed by atoms with Crippen LogP contribution in [-0.2, 0) is 0 Å². The zero-order valence-corrected chi connectivity index (χ0v) is 8.38. The first-order valence-corrected chi connectivity index (χ1v) is 4.30. The molecule has 0 aliphatic rings. The molecule has 2 N–H and O–H groups in total. The maximum atomic E-state index is 13.3. The van der Waals surface area contributed by atoms with Crippen LogP contribution in [0.1, 0.15) is 17.3 Å². The third kappa shape index (κ3) is 2.12. The van der Waals surface area contributed by atoms with Gasteiger partial charge in [0, 0.05) is 0 Å². The molecule has 0 aliphatic heterocycles. The molecular formula is C10H11F2NO2. The smallest absolute Gasteiger partial charge is 0.186 e. The van der Waals surface area contributed by atoms with Gasteiger partial charge in [0.25, 0.3) is 0 Å². The Labute approximate surface area is 85.8 Å². The van der Waals surface area contributed by atoms with Gasteiger partial charge in [-0.15, -0.1) is 0 Å². The first-order chi connectivity index (χ1) is 6.99. The van der Waals surface area contributed by atoms with Gasteiger partial charge >= 0.3 is 0 Å². The molecule has 1 aromatic rings. The van der Waals surface area contributed by atoms with E-state index < -0.39 is 29.0 Å². The molecule has 0 bridgehead atoms. The van der Waals surface area contributed by atoms with Crippen LogP contribution in [0.5, 0.6) is 5.75 Å². The van der Waals surface area contributed by atoms with Crippen molar-refractivity contribution in [2.75, 3.05) is 7.11 Å². The summed E-state index contributed by atoms with van der Waals surface area (Å²) in [5.41, 5.74) is 4.88. The SMILES string of the molecule is COc1ccc(F)c(F)c1C(=O)C(C)N. The molecule has 5 heteroatoms. The van der Waals surface area contributed by atoms with E-state index in [2.05, 4.69) is 0 Å². The Morgan fingerprint density at radius 3 is 2.53 bits per heavy atom. The number of benzene rings is 1. The molecule has 0 fully saturated rings. The van der Waals surface area contributed by atoms with E-state index in [0.29, 0.717) is 0 Å². The Bertz CT molecular complexity index is 391. The Morgan fingerprint density at radius 2 is 2.07 bits per heavy atom. The Kier molecular flexibility index (Phi) is 3.36. The van der Waals surface area contributed by atoms with Crippen LogP contribution in [0.2, 0.25) is 0 Å². The maximum absolute atomic E-state index is 13.3. The quantitative estimate of drug-likeness (QED) is 0.777. The van der Waals surface area contributed by atoms with E-state index in [0.717, 1.165) is 6.07 Å². The van der Waals surface area contributed by atoms with Crippen LogP contribution in [-0.4, -0.2) is 18.9 Å². The van der Waals surface area contributed by atoms with Gasteiger partial charge < -0.3 is 10.5 Å². The summed E-state index contributed by atoms with van der Waals surface area (Å²) < 4.78 is 31.0. The van der Waals surface area contributed by atoms with Crippen LogP contribution in [0.4, 0.5) is 8.78 Å². The van der Waals surface area contributed by atoms with Gasteiger partial charge in [-0.05, 0) is 19.1 Å². The maximum Gasteiger partial charge on any atom is 0.186 e. The number of nitrogens with two attached hydrogens (primary N) is 1. The average Bonchev–Trinajstić information content (AvgIpc) is 2.20. The van der Waals surface area contributed by atoms with Crippen LogP contribution in [0, 0.1) is 11.6 Å². The van der Waals surface area contributed by atoms with Crippen LogP contribution in [0.25, 0.3) is 0 Å². The number of Topliss-reactive ketones (excluding diaryl/α,β-unsaturated/α-hetero) is 1. The summed E-state index contributed by atoms with van der Waals surface area (Å²) >= 11 is 0. The van der Waals surface area contributed by atoms with Crippen molar-refractivity contribution in [3.05, 3.63) is 29.3 Å². The molecular weight excluding hydrogens is 204 g/mol. The van der Waals surface area contributed by atoms with Gasteiger partial charge in [0.05, 0.1) is 18.7 Å². The monoisotopic (exact) mass is 215 g/mol. The molecule has 0 aromatic heterocycles. The van der Waals surface area contributed by atoms with E-state index in [1.54, 1.807) is 0 Å². The summed E-state index contributed by atoms with van der Waals surface area (Å²) in [6, 6.07) is 1.18. The standard InChI is InChI=1S/C10H11F2NO2/c1-5(13)10(14)8-7(15-2)4-3-6(11)9(8)12/h3-5H,13H2,1-2H3. The fraction of sp³-hybridized carbons (Fsp3) is 0.300. The highest BCUT2D eigenvalue weighted by atomic mass is 19.2. The molecule has 0 radical (unpaired) electrons. The number of carbonyl (C=O) groups is 1. The number of rotatable bonds is 3. The van der Waals surface area contributed by atoms with Crippen LogP contribution in [0.3, 0.4) is 0 Å². The lowest BCUT2D eigenvalue weighted by atomic mass is 10.0. The van der Waals surface area contributed by atoms with Gasteiger partial charge in [-0.25, -0.2) is 8.78 Å². The molecule has 1 unspecified atom stereocenters. The minimum absolute atomic E-state index is 0.0174. The molecule has 0 heterocycles. The minimum atomic E-state index is -1.23. The number of ketones is 1. The van der Waals surface area contributed by atoms with Crippen molar-refractivity contribution in [1.29, 1.82) is 0 Å². The summed E-state index contributed by atoms with van der Waals surface area (Å²) in [5, 5.41) is 0. The molecule has 0 saturated heterocycles. The second kappa shape index (κ2) is 4.35. The van der Waals surface area contributed by atoms with E-state index in [9.17, 15) is 13.6 Å². The highest BCUT2D eigenvalue weighted by Gasteiger charge is 2.23. The fourth-order valence-electron chi connectivity index (χ4n) is 1.16. The lowest BCUT2D eigenvalue weighted by Gasteiger charge is -2.10. The van der Waals surface area contributed by atoms with E-state index in [4.69, 9.17) is 10.5 Å². The number of halogens is 2. The van der Waals surface area contributed by atoms with Crippen LogP contribution in [0.15, 0.2) is 12.1 Å². The largest absolute Gasteiger partial charge is 0.496 e. The topological polar surface area (TPSA) is 52.3 Å². The minimum Gasteiger partial charge on any atom is -0.496 e. The molecule has 1 atom stereocenters. The molecule has 0 spiro atoms.